The van der Waals surface area contributed by atoms with Crippen LogP contribution >= 0.6 is 23.2 Å². The summed E-state index contributed by atoms with van der Waals surface area (Å²) in [6.45, 7) is 2.89. The van der Waals surface area contributed by atoms with Crippen LogP contribution in [0.2, 0.25) is 10.0 Å². The molecular formula is C29H29Cl2N3O5S. The molecule has 0 radical (unpaired) electrons. The molecule has 0 bridgehead atoms. The molecule has 8 nitrogen and oxygen atoms in total. The summed E-state index contributed by atoms with van der Waals surface area (Å²) in [7, 11) is -4.25. The Bertz CT molecular complexity index is 1530. The summed E-state index contributed by atoms with van der Waals surface area (Å²) in [5, 5.41) is 3.62. The quantitative estimate of drug-likeness (QED) is 0.363. The van der Waals surface area contributed by atoms with Crippen molar-refractivity contribution >= 4 is 50.9 Å². The first-order valence-corrected chi connectivity index (χ1v) is 15.0. The monoisotopic (exact) mass is 601 g/mol. The molecule has 2 atom stereocenters. The van der Waals surface area contributed by atoms with Crippen LogP contribution in [-0.4, -0.2) is 54.0 Å². The third-order valence-corrected chi connectivity index (χ3v) is 9.19. The van der Waals surface area contributed by atoms with Crippen molar-refractivity contribution in [1.29, 1.82) is 0 Å². The average molecular weight is 603 g/mol. The van der Waals surface area contributed by atoms with Gasteiger partial charge in [-0.15, -0.1) is 0 Å². The maximum atomic E-state index is 14.0. The topological polar surface area (TPSA) is 104 Å². The SMILES string of the molecule is CC[C@@H](C)NC(=O)[C@@H](Cc1ccccc1)N(Cc1ccc(Cl)cc1Cl)C(=O)CN1C(=O)c2ccccc2S1(=O)=O. The molecule has 0 aromatic heterocycles. The molecule has 1 aliphatic heterocycles. The number of halogens is 2. The summed E-state index contributed by atoms with van der Waals surface area (Å²) in [6, 6.07) is 18.6. The van der Waals surface area contributed by atoms with Gasteiger partial charge in [-0.05, 0) is 48.7 Å². The predicted octanol–water partition coefficient (Wildman–Crippen LogP) is 4.69. The van der Waals surface area contributed by atoms with Crippen molar-refractivity contribution in [3.8, 4) is 0 Å². The van der Waals surface area contributed by atoms with E-state index in [9.17, 15) is 22.8 Å². The second-order valence-corrected chi connectivity index (χ2v) is 12.3. The summed E-state index contributed by atoms with van der Waals surface area (Å²) < 4.78 is 27.0. The van der Waals surface area contributed by atoms with Gasteiger partial charge in [0.05, 0.1) is 5.56 Å². The molecule has 210 valence electrons. The predicted molar refractivity (Wildman–Crippen MR) is 154 cm³/mol. The van der Waals surface area contributed by atoms with E-state index in [2.05, 4.69) is 5.32 Å². The third kappa shape index (κ3) is 6.32. The van der Waals surface area contributed by atoms with E-state index in [1.807, 2.05) is 44.2 Å². The van der Waals surface area contributed by atoms with Gasteiger partial charge in [-0.25, -0.2) is 12.7 Å². The van der Waals surface area contributed by atoms with Crippen LogP contribution in [0.5, 0.6) is 0 Å². The van der Waals surface area contributed by atoms with Gasteiger partial charge in [0.2, 0.25) is 11.8 Å². The Morgan fingerprint density at radius 3 is 2.33 bits per heavy atom. The minimum Gasteiger partial charge on any atom is -0.352 e. The molecule has 3 aromatic rings. The van der Waals surface area contributed by atoms with Crippen molar-refractivity contribution in [2.75, 3.05) is 6.54 Å². The van der Waals surface area contributed by atoms with Gasteiger partial charge in [-0.1, -0.05) is 78.7 Å². The van der Waals surface area contributed by atoms with Crippen LogP contribution in [0, 0.1) is 0 Å². The Hall–Kier alpha value is -3.40. The smallest absolute Gasteiger partial charge is 0.269 e. The summed E-state index contributed by atoms with van der Waals surface area (Å²) >= 11 is 12.5. The molecule has 40 heavy (non-hydrogen) atoms. The van der Waals surface area contributed by atoms with Crippen LogP contribution in [-0.2, 0) is 32.6 Å². The third-order valence-electron chi connectivity index (χ3n) is 6.82. The van der Waals surface area contributed by atoms with E-state index >= 15 is 0 Å². The number of nitrogens with one attached hydrogen (secondary N) is 1. The molecule has 1 N–H and O–H groups in total. The van der Waals surface area contributed by atoms with Crippen molar-refractivity contribution in [3.63, 3.8) is 0 Å². The van der Waals surface area contributed by atoms with Gasteiger partial charge in [0.1, 0.15) is 17.5 Å². The van der Waals surface area contributed by atoms with E-state index in [-0.39, 0.29) is 34.5 Å². The van der Waals surface area contributed by atoms with Crippen LogP contribution < -0.4 is 5.32 Å². The van der Waals surface area contributed by atoms with Crippen molar-refractivity contribution in [1.82, 2.24) is 14.5 Å². The van der Waals surface area contributed by atoms with Crippen molar-refractivity contribution < 1.29 is 22.8 Å². The fourth-order valence-corrected chi connectivity index (χ4v) is 6.42. The number of amides is 3. The molecule has 0 saturated carbocycles. The molecule has 0 unspecified atom stereocenters. The normalized spacial score (nSPS) is 15.3. The van der Waals surface area contributed by atoms with E-state index in [0.717, 1.165) is 5.56 Å². The van der Waals surface area contributed by atoms with Crippen LogP contribution in [0.4, 0.5) is 0 Å². The van der Waals surface area contributed by atoms with Gasteiger partial charge < -0.3 is 10.2 Å². The fourth-order valence-electron chi connectivity index (χ4n) is 4.43. The zero-order chi connectivity index (χ0) is 29.0. The number of nitrogens with zero attached hydrogens (tertiary/aromatic N) is 2. The van der Waals surface area contributed by atoms with Gasteiger partial charge in [0.25, 0.3) is 15.9 Å². The first-order valence-electron chi connectivity index (χ1n) is 12.8. The standard InChI is InChI=1S/C29H29Cl2N3O5S/c1-3-19(2)32-28(36)25(15-20-9-5-4-6-10-20)33(17-21-13-14-22(30)16-24(21)31)27(35)18-34-29(37)23-11-7-8-12-26(23)40(34,38)39/h4-14,16,19,25H,3,15,17-18H2,1-2H3,(H,32,36)/t19-,25-/m1/s1. The number of hydrogen-bond donors (Lipinski definition) is 1. The number of sulfonamides is 1. The summed E-state index contributed by atoms with van der Waals surface area (Å²) in [6.07, 6.45) is 0.820. The van der Waals surface area contributed by atoms with Crippen molar-refractivity contribution in [3.05, 3.63) is 99.5 Å². The average Bonchev–Trinajstić information content (AvgIpc) is 3.12. The van der Waals surface area contributed by atoms with Gasteiger partial charge in [0, 0.05) is 29.1 Å². The van der Waals surface area contributed by atoms with E-state index in [4.69, 9.17) is 23.2 Å². The number of hydrogen-bond acceptors (Lipinski definition) is 5. The molecular weight excluding hydrogens is 573 g/mol. The lowest BCUT2D eigenvalue weighted by Crippen LogP contribution is -2.54. The first-order chi connectivity index (χ1) is 19.0. The summed E-state index contributed by atoms with van der Waals surface area (Å²) in [5.41, 5.74) is 1.30. The Labute approximate surface area is 243 Å². The molecule has 1 aliphatic rings. The van der Waals surface area contributed by atoms with Gasteiger partial charge in [0.15, 0.2) is 0 Å². The second kappa shape index (κ2) is 12.4. The number of fused-ring (bicyclic) bond motifs is 1. The highest BCUT2D eigenvalue weighted by atomic mass is 35.5. The Morgan fingerprint density at radius 1 is 1.00 bits per heavy atom. The van der Waals surface area contributed by atoms with Crippen LogP contribution in [0.15, 0.2) is 77.7 Å². The summed E-state index contributed by atoms with van der Waals surface area (Å²) in [5.74, 6) is -1.93. The highest BCUT2D eigenvalue weighted by Gasteiger charge is 2.43. The molecule has 0 fully saturated rings. The number of benzene rings is 3. The number of carbonyl (C=O) groups excluding carboxylic acids is 3. The lowest BCUT2D eigenvalue weighted by molar-refractivity contribution is -0.141. The molecule has 4 rings (SSSR count). The maximum absolute atomic E-state index is 14.0. The molecule has 0 aliphatic carbocycles. The van der Waals surface area contributed by atoms with Crippen LogP contribution in [0.3, 0.4) is 0 Å². The number of rotatable bonds is 10. The molecule has 1 heterocycles. The highest BCUT2D eigenvalue weighted by molar-refractivity contribution is 7.90. The Morgan fingerprint density at radius 2 is 1.68 bits per heavy atom. The maximum Gasteiger partial charge on any atom is 0.269 e. The minimum absolute atomic E-state index is 0.00190. The Kier molecular flexibility index (Phi) is 9.18. The molecule has 0 saturated heterocycles. The lowest BCUT2D eigenvalue weighted by atomic mass is 10.0. The lowest BCUT2D eigenvalue weighted by Gasteiger charge is -2.33. The van der Waals surface area contributed by atoms with Crippen molar-refractivity contribution in [2.45, 2.75) is 50.2 Å². The first kappa shape index (κ1) is 29.6. The Balaban J connectivity index is 1.74. The zero-order valence-corrected chi connectivity index (χ0v) is 24.3. The van der Waals surface area contributed by atoms with Gasteiger partial charge in [-0.2, -0.15) is 0 Å². The van der Waals surface area contributed by atoms with Crippen molar-refractivity contribution in [2.24, 2.45) is 0 Å². The van der Waals surface area contributed by atoms with Gasteiger partial charge >= 0.3 is 0 Å². The molecule has 3 aromatic carbocycles. The minimum atomic E-state index is -4.25. The largest absolute Gasteiger partial charge is 0.352 e. The van der Waals surface area contributed by atoms with Crippen LogP contribution in [0.1, 0.15) is 41.8 Å². The summed E-state index contributed by atoms with van der Waals surface area (Å²) in [4.78, 5) is 41.8. The van der Waals surface area contributed by atoms with Crippen LogP contribution in [0.25, 0.3) is 0 Å². The van der Waals surface area contributed by atoms with E-state index in [1.54, 1.807) is 18.2 Å². The highest BCUT2D eigenvalue weighted by Crippen LogP contribution is 2.30. The molecule has 11 heteroatoms. The fraction of sp³-hybridized carbons (Fsp3) is 0.276. The molecule has 3 amide bonds. The van der Waals surface area contributed by atoms with Gasteiger partial charge in [-0.3, -0.25) is 14.4 Å². The van der Waals surface area contributed by atoms with E-state index in [1.165, 1.54) is 29.2 Å². The second-order valence-electron chi connectivity index (χ2n) is 9.59. The number of carbonyl (C=O) groups is 3. The zero-order valence-electron chi connectivity index (χ0n) is 22.0. The van der Waals surface area contributed by atoms with E-state index < -0.39 is 40.3 Å². The molecule has 0 spiro atoms. The van der Waals surface area contributed by atoms with E-state index in [0.29, 0.717) is 21.3 Å².